The zero-order chi connectivity index (χ0) is 15.1. The fourth-order valence-electron chi connectivity index (χ4n) is 2.43. The van der Waals surface area contributed by atoms with Crippen molar-refractivity contribution in [1.29, 1.82) is 0 Å². The van der Waals surface area contributed by atoms with Crippen molar-refractivity contribution in [3.63, 3.8) is 0 Å². The molecule has 0 aliphatic carbocycles. The van der Waals surface area contributed by atoms with Crippen molar-refractivity contribution in [2.45, 2.75) is 18.9 Å². The number of ether oxygens (including phenoxy) is 2. The minimum absolute atomic E-state index is 0.0250. The predicted octanol–water partition coefficient (Wildman–Crippen LogP) is 0.618. The quantitative estimate of drug-likeness (QED) is 0.609. The van der Waals surface area contributed by atoms with E-state index >= 15 is 0 Å². The molecule has 1 fully saturated rings. The lowest BCUT2D eigenvalue weighted by Crippen LogP contribution is -2.29. The topological polar surface area (TPSA) is 88.2 Å². The van der Waals surface area contributed by atoms with Crippen LogP contribution in [0.2, 0.25) is 0 Å². The first-order chi connectivity index (χ1) is 10.2. The van der Waals surface area contributed by atoms with Gasteiger partial charge in [-0.05, 0) is 31.0 Å². The van der Waals surface area contributed by atoms with E-state index in [0.717, 1.165) is 25.1 Å². The first-order valence-electron chi connectivity index (χ1n) is 7.35. The summed E-state index contributed by atoms with van der Waals surface area (Å²) in [5.74, 6) is 0.641. The van der Waals surface area contributed by atoms with Gasteiger partial charge < -0.3 is 30.3 Å². The van der Waals surface area contributed by atoms with Crippen LogP contribution in [0.5, 0.6) is 5.75 Å². The second-order valence-corrected chi connectivity index (χ2v) is 5.10. The SMILES string of the molecule is Nc1cc(N(CCO)CCO)ccc1OCC1CCCO1. The summed E-state index contributed by atoms with van der Waals surface area (Å²) < 4.78 is 11.2. The number of aliphatic hydroxyl groups excluding tert-OH is 2. The van der Waals surface area contributed by atoms with E-state index < -0.39 is 0 Å². The number of hydrogen-bond acceptors (Lipinski definition) is 6. The lowest BCUT2D eigenvalue weighted by atomic mass is 10.2. The van der Waals surface area contributed by atoms with Crippen molar-refractivity contribution in [1.82, 2.24) is 0 Å². The van der Waals surface area contributed by atoms with Crippen LogP contribution in [0.1, 0.15) is 12.8 Å². The van der Waals surface area contributed by atoms with Crippen molar-refractivity contribution in [2.24, 2.45) is 0 Å². The molecule has 118 valence electrons. The first kappa shape index (κ1) is 15.9. The number of anilines is 2. The van der Waals surface area contributed by atoms with Gasteiger partial charge in [0.1, 0.15) is 12.4 Å². The molecule has 4 N–H and O–H groups in total. The number of aliphatic hydroxyl groups is 2. The molecule has 6 nitrogen and oxygen atoms in total. The summed E-state index contributed by atoms with van der Waals surface area (Å²) in [6.45, 7) is 2.28. The zero-order valence-electron chi connectivity index (χ0n) is 12.2. The van der Waals surface area contributed by atoms with Crippen LogP contribution in [-0.4, -0.2) is 55.8 Å². The lowest BCUT2D eigenvalue weighted by molar-refractivity contribution is 0.0682. The average molecular weight is 296 g/mol. The monoisotopic (exact) mass is 296 g/mol. The van der Waals surface area contributed by atoms with Gasteiger partial charge in [-0.2, -0.15) is 0 Å². The molecular formula is C15H24N2O4. The van der Waals surface area contributed by atoms with Crippen LogP contribution in [0, 0.1) is 0 Å². The molecule has 1 aromatic rings. The van der Waals surface area contributed by atoms with Crippen molar-refractivity contribution >= 4 is 11.4 Å². The van der Waals surface area contributed by atoms with Crippen LogP contribution < -0.4 is 15.4 Å². The molecule has 2 rings (SSSR count). The van der Waals surface area contributed by atoms with Gasteiger partial charge in [-0.25, -0.2) is 0 Å². The number of nitrogens with two attached hydrogens (primary N) is 1. The van der Waals surface area contributed by atoms with Gasteiger partial charge in [0.25, 0.3) is 0 Å². The third-order valence-corrected chi connectivity index (χ3v) is 3.55. The van der Waals surface area contributed by atoms with Crippen LogP contribution >= 0.6 is 0 Å². The molecule has 6 heteroatoms. The fourth-order valence-corrected chi connectivity index (χ4v) is 2.43. The van der Waals surface area contributed by atoms with E-state index in [1.807, 2.05) is 17.0 Å². The van der Waals surface area contributed by atoms with Gasteiger partial charge in [-0.1, -0.05) is 0 Å². The smallest absolute Gasteiger partial charge is 0.142 e. The lowest BCUT2D eigenvalue weighted by Gasteiger charge is -2.24. The minimum Gasteiger partial charge on any atom is -0.489 e. The second kappa shape index (κ2) is 8.07. The van der Waals surface area contributed by atoms with Crippen LogP contribution in [0.3, 0.4) is 0 Å². The first-order valence-corrected chi connectivity index (χ1v) is 7.35. The Labute approximate surface area is 125 Å². The summed E-state index contributed by atoms with van der Waals surface area (Å²) >= 11 is 0. The molecule has 1 aromatic carbocycles. The maximum Gasteiger partial charge on any atom is 0.142 e. The van der Waals surface area contributed by atoms with E-state index in [4.69, 9.17) is 25.4 Å². The average Bonchev–Trinajstić information content (AvgIpc) is 2.99. The number of rotatable bonds is 8. The third-order valence-electron chi connectivity index (χ3n) is 3.55. The fraction of sp³-hybridized carbons (Fsp3) is 0.600. The maximum absolute atomic E-state index is 9.06. The van der Waals surface area contributed by atoms with Gasteiger partial charge in [0.2, 0.25) is 0 Å². The van der Waals surface area contributed by atoms with Gasteiger partial charge >= 0.3 is 0 Å². The summed E-state index contributed by atoms with van der Waals surface area (Å²) in [4.78, 5) is 1.88. The molecule has 1 atom stereocenters. The second-order valence-electron chi connectivity index (χ2n) is 5.10. The molecule has 1 saturated heterocycles. The normalized spacial score (nSPS) is 17.9. The number of hydrogen-bond donors (Lipinski definition) is 3. The maximum atomic E-state index is 9.06. The van der Waals surface area contributed by atoms with Crippen molar-refractivity contribution in [3.8, 4) is 5.75 Å². The molecule has 0 amide bonds. The molecule has 0 spiro atoms. The molecule has 0 bridgehead atoms. The Morgan fingerprint density at radius 1 is 1.29 bits per heavy atom. The highest BCUT2D eigenvalue weighted by molar-refractivity contribution is 5.63. The minimum atomic E-state index is 0.0250. The number of nitrogens with zero attached hydrogens (tertiary/aromatic N) is 1. The highest BCUT2D eigenvalue weighted by atomic mass is 16.5. The Balaban J connectivity index is 1.98. The molecule has 21 heavy (non-hydrogen) atoms. The van der Waals surface area contributed by atoms with E-state index in [0.29, 0.717) is 31.1 Å². The van der Waals surface area contributed by atoms with E-state index in [-0.39, 0.29) is 19.3 Å². The van der Waals surface area contributed by atoms with E-state index in [1.165, 1.54) is 0 Å². The van der Waals surface area contributed by atoms with Gasteiger partial charge in [0, 0.05) is 25.4 Å². The number of nitrogen functional groups attached to an aromatic ring is 1. The molecule has 0 saturated carbocycles. The summed E-state index contributed by atoms with van der Waals surface area (Å²) in [7, 11) is 0. The summed E-state index contributed by atoms with van der Waals surface area (Å²) in [6, 6.07) is 5.50. The van der Waals surface area contributed by atoms with Crippen molar-refractivity contribution < 1.29 is 19.7 Å². The van der Waals surface area contributed by atoms with Gasteiger partial charge in [0.15, 0.2) is 0 Å². The van der Waals surface area contributed by atoms with Crippen LogP contribution in [0.15, 0.2) is 18.2 Å². The van der Waals surface area contributed by atoms with Crippen LogP contribution in [-0.2, 0) is 4.74 Å². The predicted molar refractivity (Wildman–Crippen MR) is 81.7 cm³/mol. The summed E-state index contributed by atoms with van der Waals surface area (Å²) in [6.07, 6.45) is 2.27. The molecule has 1 unspecified atom stereocenters. The van der Waals surface area contributed by atoms with Crippen LogP contribution in [0.4, 0.5) is 11.4 Å². The molecular weight excluding hydrogens is 272 g/mol. The highest BCUT2D eigenvalue weighted by Crippen LogP contribution is 2.28. The Hall–Kier alpha value is -1.50. The van der Waals surface area contributed by atoms with E-state index in [1.54, 1.807) is 6.07 Å². The molecule has 1 heterocycles. The largest absolute Gasteiger partial charge is 0.489 e. The third kappa shape index (κ3) is 4.49. The number of benzene rings is 1. The van der Waals surface area contributed by atoms with Crippen molar-refractivity contribution in [3.05, 3.63) is 18.2 Å². The Kier molecular flexibility index (Phi) is 6.10. The standard InChI is InChI=1S/C15H24N2O4/c16-14-10-12(17(5-7-18)6-8-19)3-4-15(14)21-11-13-2-1-9-20-13/h3-4,10,13,18-19H,1-2,5-9,11,16H2. The summed E-state index contributed by atoms with van der Waals surface area (Å²) in [5.41, 5.74) is 7.43. The Bertz CT molecular complexity index is 430. The van der Waals surface area contributed by atoms with Crippen molar-refractivity contribution in [2.75, 3.05) is 50.2 Å². The molecule has 1 aliphatic rings. The van der Waals surface area contributed by atoms with Gasteiger partial charge in [-0.3, -0.25) is 0 Å². The highest BCUT2D eigenvalue weighted by Gasteiger charge is 2.17. The van der Waals surface area contributed by atoms with Crippen LogP contribution in [0.25, 0.3) is 0 Å². The zero-order valence-corrected chi connectivity index (χ0v) is 12.2. The summed E-state index contributed by atoms with van der Waals surface area (Å²) in [5, 5.41) is 18.1. The molecule has 0 radical (unpaired) electrons. The van der Waals surface area contributed by atoms with E-state index in [9.17, 15) is 0 Å². The van der Waals surface area contributed by atoms with E-state index in [2.05, 4.69) is 0 Å². The Morgan fingerprint density at radius 2 is 2.05 bits per heavy atom. The Morgan fingerprint density at radius 3 is 2.62 bits per heavy atom. The van der Waals surface area contributed by atoms with Gasteiger partial charge in [-0.15, -0.1) is 0 Å². The molecule has 1 aliphatic heterocycles. The van der Waals surface area contributed by atoms with Gasteiger partial charge in [0.05, 0.1) is 25.0 Å². The molecule has 0 aromatic heterocycles.